The van der Waals surface area contributed by atoms with Crippen LogP contribution in [-0.2, 0) is 43.3 Å². The molecule has 1 atom stereocenters. The first kappa shape index (κ1) is 73.1. The van der Waals surface area contributed by atoms with E-state index in [-0.39, 0.29) is 56.2 Å². The standard InChI is InChI=1S/C107H111BN4/c1-100(2,3)71-47-67(48-72(59-71)101(4,5)6)63-45-64(68-49-73(102(7,8)9)60-74(50-68)103(10,11)12)56-79(55-63)109-89-41-27-25-33-85(89)97-93-81(34-31-43-91(93)109)83-36-29-38-86-95(83)111(97)98-87-39-30-37-84-82-35-32-44-92-94(82)108(112(96(84)87)99(86)98)88-40-26-28-42-90(88)110(92)80-57-65(69-51-75(104(13,14)15)61-76(52-69)105(16,17)18)46-66(58-80)70-53-77(106(19,20)21)62-78(54-70)107(22,23)24/h25-62,97H,1-24H3. The van der Waals surface area contributed by atoms with Gasteiger partial charge in [-0.2, -0.15) is 0 Å². The first-order chi connectivity index (χ1) is 52.6. The van der Waals surface area contributed by atoms with Crippen LogP contribution in [0.1, 0.15) is 228 Å². The van der Waals surface area contributed by atoms with Crippen LogP contribution in [0.4, 0.5) is 34.1 Å². The molecule has 5 heteroatoms. The smallest absolute Gasteiger partial charge is 0.333 e. The van der Waals surface area contributed by atoms with Crippen molar-refractivity contribution in [3.05, 3.63) is 286 Å². The molecular formula is C107H111BN4. The summed E-state index contributed by atoms with van der Waals surface area (Å²) in [5.41, 5.74) is 42.6. The molecule has 0 N–H and O–H groups in total. The number of rotatable bonds is 6. The molecule has 0 saturated heterocycles. The Kier molecular flexibility index (Phi) is 16.1. The lowest BCUT2D eigenvalue weighted by molar-refractivity contribution is 0.568. The lowest BCUT2D eigenvalue weighted by atomic mass is 9.45. The van der Waals surface area contributed by atoms with E-state index in [1.54, 1.807) is 0 Å². The van der Waals surface area contributed by atoms with Gasteiger partial charge in [-0.1, -0.05) is 336 Å². The van der Waals surface area contributed by atoms with Crippen LogP contribution in [0.3, 0.4) is 0 Å². The molecule has 0 amide bonds. The summed E-state index contributed by atoms with van der Waals surface area (Å²) >= 11 is 0. The van der Waals surface area contributed by atoms with Gasteiger partial charge in [0.1, 0.15) is 0 Å². The predicted molar refractivity (Wildman–Crippen MR) is 484 cm³/mol. The topological polar surface area (TPSA) is 16.3 Å². The zero-order valence-electron chi connectivity index (χ0n) is 70.9. The van der Waals surface area contributed by atoms with Crippen LogP contribution in [-0.4, -0.2) is 15.9 Å². The van der Waals surface area contributed by atoms with Gasteiger partial charge in [0.05, 0.1) is 34.0 Å². The normalized spacial score (nSPS) is 14.8. The molecular weight excluding hydrogens is 1350 g/mol. The van der Waals surface area contributed by atoms with Gasteiger partial charge in [-0.15, -0.1) is 0 Å². The second-order valence-electron chi connectivity index (χ2n) is 41.6. The third-order valence-corrected chi connectivity index (χ3v) is 25.4. The molecule has 4 nitrogen and oxygen atoms in total. The first-order valence-electron chi connectivity index (χ1n) is 41.2. The third kappa shape index (κ3) is 11.7. The Morgan fingerprint density at radius 1 is 0.250 bits per heavy atom. The van der Waals surface area contributed by atoms with Crippen molar-refractivity contribution in [2.75, 3.05) is 9.80 Å². The zero-order valence-corrected chi connectivity index (χ0v) is 70.9. The molecule has 4 aliphatic rings. The van der Waals surface area contributed by atoms with Crippen LogP contribution in [0.2, 0.25) is 0 Å². The molecule has 6 heterocycles. The molecule has 14 aromatic rings. The number of aromatic nitrogens is 2. The first-order valence-corrected chi connectivity index (χ1v) is 41.2. The fourth-order valence-electron chi connectivity index (χ4n) is 18.7. The van der Waals surface area contributed by atoms with E-state index in [0.717, 1.165) is 11.4 Å². The Hall–Kier alpha value is -10.4. The highest BCUT2D eigenvalue weighted by atomic mass is 15.2. The molecule has 1 unspecified atom stereocenters. The van der Waals surface area contributed by atoms with Crippen molar-refractivity contribution in [3.8, 4) is 66.8 Å². The highest BCUT2D eigenvalue weighted by molar-refractivity contribution is 6.90. The number of para-hydroxylation sites is 4. The molecule has 562 valence electrons. The fraction of sp³-hybridized carbons (Fsp3) is 0.308. The fourth-order valence-corrected chi connectivity index (χ4v) is 18.7. The van der Waals surface area contributed by atoms with Gasteiger partial charge in [0.2, 0.25) is 0 Å². The number of hydrogen-bond donors (Lipinski definition) is 0. The van der Waals surface area contributed by atoms with E-state index >= 15 is 0 Å². The van der Waals surface area contributed by atoms with Gasteiger partial charge in [0.25, 0.3) is 0 Å². The van der Waals surface area contributed by atoms with Gasteiger partial charge in [-0.3, -0.25) is 0 Å². The summed E-state index contributed by atoms with van der Waals surface area (Å²) in [4.78, 5) is 5.27. The highest BCUT2D eigenvalue weighted by Crippen LogP contribution is 2.60. The summed E-state index contributed by atoms with van der Waals surface area (Å²) in [5, 5.41) is 2.55. The number of nitrogens with zero attached hydrogens (tertiary/aromatic N) is 4. The van der Waals surface area contributed by atoms with E-state index in [4.69, 9.17) is 0 Å². The minimum absolute atomic E-state index is 0.0667. The summed E-state index contributed by atoms with van der Waals surface area (Å²) < 4.78 is 5.63. The van der Waals surface area contributed by atoms with Gasteiger partial charge in [0.15, 0.2) is 0 Å². The Labute approximate surface area is 667 Å². The Balaban J connectivity index is 0.862. The average Bonchev–Trinajstić information content (AvgIpc) is 1.48. The maximum atomic E-state index is 2.81. The van der Waals surface area contributed by atoms with Crippen molar-refractivity contribution in [2.24, 2.45) is 0 Å². The SMILES string of the molecule is CC(C)(C)c1cc(-c2cc(-c3cc(C(C)(C)C)cc(C(C)(C)C)c3)cc(N3c4ccccc4B4c5c(cccc53)-c3cccc5c3n4c3c4cccc6c4n(c53)C3c4ccccc4N(c4cc(-c5cc(C(C)(C)C)cc(C(C)(C)C)c5)cc(-c5cc(C(C)(C)C)cc(C(C)(C)C)c5)c4)c4cccc-6c43)c2)cc(C(C)(C)C)c1. The Morgan fingerprint density at radius 2 is 0.571 bits per heavy atom. The summed E-state index contributed by atoms with van der Waals surface area (Å²) in [6, 6.07) is 92.1. The largest absolute Gasteiger partial charge is 0.374 e. The predicted octanol–water partition coefficient (Wildman–Crippen LogP) is 28.6. The van der Waals surface area contributed by atoms with Crippen molar-refractivity contribution in [1.29, 1.82) is 0 Å². The molecule has 0 saturated carbocycles. The number of hydrogen-bond acceptors (Lipinski definition) is 2. The monoisotopic (exact) mass is 1460 g/mol. The lowest BCUT2D eigenvalue weighted by Gasteiger charge is -2.42. The van der Waals surface area contributed by atoms with Gasteiger partial charge in [0, 0.05) is 61.3 Å². The van der Waals surface area contributed by atoms with Crippen LogP contribution in [0.5, 0.6) is 0 Å². The second-order valence-corrected chi connectivity index (χ2v) is 41.6. The van der Waals surface area contributed by atoms with Crippen molar-refractivity contribution in [3.63, 3.8) is 0 Å². The van der Waals surface area contributed by atoms with E-state index in [1.165, 1.54) is 189 Å². The highest BCUT2D eigenvalue weighted by Gasteiger charge is 2.47. The number of anilines is 6. The molecule has 18 rings (SSSR count). The summed E-state index contributed by atoms with van der Waals surface area (Å²) in [5.74, 6) is 0. The number of benzene rings is 12. The molecule has 2 aromatic heterocycles. The van der Waals surface area contributed by atoms with Gasteiger partial charge in [-0.25, -0.2) is 0 Å². The molecule has 0 fully saturated rings. The maximum absolute atomic E-state index is 2.81. The van der Waals surface area contributed by atoms with Gasteiger partial charge in [-0.05, 0) is 215 Å². The van der Waals surface area contributed by atoms with Crippen molar-refractivity contribution in [2.45, 2.75) is 216 Å². The van der Waals surface area contributed by atoms with E-state index in [9.17, 15) is 0 Å². The maximum Gasteiger partial charge on any atom is 0.333 e. The summed E-state index contributed by atoms with van der Waals surface area (Å²) in [7, 11) is 0. The van der Waals surface area contributed by atoms with Crippen molar-refractivity contribution in [1.82, 2.24) is 9.05 Å². The van der Waals surface area contributed by atoms with Crippen LogP contribution in [0, 0.1) is 0 Å². The molecule has 0 radical (unpaired) electrons. The van der Waals surface area contributed by atoms with Crippen LogP contribution < -0.4 is 20.7 Å². The molecule has 0 aliphatic carbocycles. The number of fused-ring (bicyclic) bond motifs is 13. The lowest BCUT2D eigenvalue weighted by Crippen LogP contribution is -2.56. The second kappa shape index (κ2) is 24.6. The minimum atomic E-state index is -0.157. The van der Waals surface area contributed by atoms with E-state index in [1.807, 2.05) is 0 Å². The Morgan fingerprint density at radius 3 is 0.991 bits per heavy atom. The molecule has 12 aromatic carbocycles. The average molecular weight is 1460 g/mol. The molecule has 4 aliphatic heterocycles. The van der Waals surface area contributed by atoms with Crippen molar-refractivity contribution < 1.29 is 0 Å². The van der Waals surface area contributed by atoms with E-state index in [2.05, 4.69) is 416 Å². The molecule has 0 bridgehead atoms. The van der Waals surface area contributed by atoms with E-state index < -0.39 is 0 Å². The Bertz CT molecular complexity index is 5600. The van der Waals surface area contributed by atoms with Crippen LogP contribution in [0.15, 0.2) is 231 Å². The summed E-state index contributed by atoms with van der Waals surface area (Å²) in [6.45, 7) is 56.5. The minimum Gasteiger partial charge on any atom is -0.374 e. The van der Waals surface area contributed by atoms with Gasteiger partial charge >= 0.3 is 6.85 Å². The molecule has 0 spiro atoms. The van der Waals surface area contributed by atoms with Crippen molar-refractivity contribution >= 4 is 84.7 Å². The van der Waals surface area contributed by atoms with Crippen LogP contribution >= 0.6 is 0 Å². The zero-order chi connectivity index (χ0) is 79.1. The summed E-state index contributed by atoms with van der Waals surface area (Å²) in [6.07, 6.45) is 0. The van der Waals surface area contributed by atoms with Gasteiger partial charge < -0.3 is 18.8 Å². The van der Waals surface area contributed by atoms with Crippen LogP contribution in [0.25, 0.3) is 99.6 Å². The quantitative estimate of drug-likeness (QED) is 0.154. The molecule has 112 heavy (non-hydrogen) atoms. The third-order valence-electron chi connectivity index (χ3n) is 25.4. The van der Waals surface area contributed by atoms with E-state index in [0.29, 0.717) is 0 Å².